The van der Waals surface area contributed by atoms with E-state index in [9.17, 15) is 26.4 Å². The molecule has 2 heterocycles. The van der Waals surface area contributed by atoms with Gasteiger partial charge in [-0.05, 0) is 50.4 Å². The van der Waals surface area contributed by atoms with Crippen LogP contribution >= 0.6 is 0 Å². The first kappa shape index (κ1) is 18.2. The van der Waals surface area contributed by atoms with Crippen LogP contribution < -0.4 is 8.92 Å². The molecule has 0 radical (unpaired) electrons. The second kappa shape index (κ2) is 5.41. The number of ketones is 1. The summed E-state index contributed by atoms with van der Waals surface area (Å²) in [6, 6.07) is 3.03. The molecule has 2 aliphatic heterocycles. The number of likely N-dealkylation sites (tertiary alicyclic amines) is 1. The zero-order valence-electron chi connectivity index (χ0n) is 15.0. The summed E-state index contributed by atoms with van der Waals surface area (Å²) >= 11 is 0. The van der Waals surface area contributed by atoms with Crippen molar-refractivity contribution in [2.75, 3.05) is 13.6 Å². The van der Waals surface area contributed by atoms with E-state index in [0.29, 0.717) is 31.2 Å². The lowest BCUT2D eigenvalue weighted by molar-refractivity contribution is -0.138. The molecular formula is C18H18F3NO5S. The Hall–Kier alpha value is -1.81. The van der Waals surface area contributed by atoms with Gasteiger partial charge in [0, 0.05) is 23.4 Å². The normalized spacial score (nSPS) is 34.0. The lowest BCUT2D eigenvalue weighted by Crippen LogP contribution is -2.65. The quantitative estimate of drug-likeness (QED) is 0.543. The molecule has 2 bridgehead atoms. The number of carbonyl (C=O) groups is 1. The molecule has 1 saturated heterocycles. The van der Waals surface area contributed by atoms with Crippen molar-refractivity contribution in [2.45, 2.75) is 48.8 Å². The van der Waals surface area contributed by atoms with Gasteiger partial charge < -0.3 is 13.8 Å². The van der Waals surface area contributed by atoms with Crippen LogP contribution in [-0.2, 0) is 26.7 Å². The SMILES string of the molecule is CN1CC[C@]23c4c5ccc(OS(=O)(=O)C(F)(F)F)c4O[C@H]2C(=O)CCC3[C@H]1C5. The average Bonchev–Trinajstić information content (AvgIpc) is 2.96. The summed E-state index contributed by atoms with van der Waals surface area (Å²) in [5.41, 5.74) is -4.60. The molecule has 1 saturated carbocycles. The molecule has 28 heavy (non-hydrogen) atoms. The van der Waals surface area contributed by atoms with Crippen molar-refractivity contribution in [3.63, 3.8) is 0 Å². The van der Waals surface area contributed by atoms with Crippen molar-refractivity contribution in [2.24, 2.45) is 5.92 Å². The van der Waals surface area contributed by atoms with Gasteiger partial charge in [-0.3, -0.25) is 4.79 Å². The van der Waals surface area contributed by atoms with Gasteiger partial charge in [0.1, 0.15) is 0 Å². The maximum absolute atomic E-state index is 12.8. The third-order valence-electron chi connectivity index (χ3n) is 6.85. The minimum absolute atomic E-state index is 0.0152. The Morgan fingerprint density at radius 3 is 2.79 bits per heavy atom. The van der Waals surface area contributed by atoms with Crippen molar-refractivity contribution >= 4 is 15.9 Å². The number of alkyl halides is 3. The van der Waals surface area contributed by atoms with E-state index in [0.717, 1.165) is 12.1 Å². The van der Waals surface area contributed by atoms with Gasteiger partial charge in [0.2, 0.25) is 0 Å². The lowest BCUT2D eigenvalue weighted by atomic mass is 9.52. The first-order chi connectivity index (χ1) is 13.1. The van der Waals surface area contributed by atoms with Crippen LogP contribution in [0.2, 0.25) is 0 Å². The zero-order chi connectivity index (χ0) is 20.1. The van der Waals surface area contributed by atoms with E-state index in [4.69, 9.17) is 4.74 Å². The molecular weight excluding hydrogens is 399 g/mol. The smallest absolute Gasteiger partial charge is 0.477 e. The van der Waals surface area contributed by atoms with Crippen LogP contribution in [-0.4, -0.2) is 50.3 Å². The minimum atomic E-state index is -5.83. The van der Waals surface area contributed by atoms with E-state index >= 15 is 0 Å². The molecule has 5 rings (SSSR count). The molecule has 1 unspecified atom stereocenters. The summed E-state index contributed by atoms with van der Waals surface area (Å²) in [4.78, 5) is 14.9. The van der Waals surface area contributed by atoms with E-state index < -0.39 is 32.9 Å². The van der Waals surface area contributed by atoms with Crippen LogP contribution in [0.3, 0.4) is 0 Å². The van der Waals surface area contributed by atoms with Crippen LogP contribution in [0.25, 0.3) is 0 Å². The summed E-state index contributed by atoms with van der Waals surface area (Å²) in [7, 11) is -3.79. The van der Waals surface area contributed by atoms with Crippen LogP contribution in [0.1, 0.15) is 30.4 Å². The third-order valence-corrected chi connectivity index (χ3v) is 7.82. The highest BCUT2D eigenvalue weighted by atomic mass is 32.2. The van der Waals surface area contributed by atoms with E-state index in [1.54, 1.807) is 6.07 Å². The average molecular weight is 417 g/mol. The predicted octanol–water partition coefficient (Wildman–Crippen LogP) is 2.15. The number of nitrogens with zero attached hydrogens (tertiary/aromatic N) is 1. The highest BCUT2D eigenvalue weighted by Crippen LogP contribution is 2.63. The van der Waals surface area contributed by atoms with E-state index in [-0.39, 0.29) is 23.5 Å². The molecule has 4 aliphatic rings. The summed E-state index contributed by atoms with van der Waals surface area (Å²) in [6.07, 6.45) is 1.56. The van der Waals surface area contributed by atoms with Crippen molar-refractivity contribution in [3.05, 3.63) is 23.3 Å². The van der Waals surface area contributed by atoms with Crippen LogP contribution in [0.15, 0.2) is 12.1 Å². The number of carbonyl (C=O) groups excluding carboxylic acids is 1. The van der Waals surface area contributed by atoms with Crippen LogP contribution in [0.4, 0.5) is 13.2 Å². The molecule has 4 atom stereocenters. The van der Waals surface area contributed by atoms with Crippen LogP contribution in [0.5, 0.6) is 11.5 Å². The van der Waals surface area contributed by atoms with Gasteiger partial charge in [0.25, 0.3) is 0 Å². The van der Waals surface area contributed by atoms with Crippen LogP contribution in [0, 0.1) is 5.92 Å². The standard InChI is InChI=1S/C18H18F3NO5S/c1-22-7-6-17-10-3-4-12(23)16(17)26-15-13(27-28(24,25)18(19,20)21)5-2-9(14(15)17)8-11(10)22/h2,5,10-11,16H,3-4,6-8H2,1H3/t10?,11-,16+,17+/m1/s1. The Balaban J connectivity index is 1.69. The van der Waals surface area contributed by atoms with Gasteiger partial charge in [-0.25, -0.2) is 0 Å². The molecule has 1 aromatic rings. The van der Waals surface area contributed by atoms with Gasteiger partial charge in [0.05, 0.1) is 0 Å². The highest BCUT2D eigenvalue weighted by Gasteiger charge is 2.65. The van der Waals surface area contributed by atoms with Crippen molar-refractivity contribution < 1.29 is 35.3 Å². The monoisotopic (exact) mass is 417 g/mol. The van der Waals surface area contributed by atoms with Crippen molar-refractivity contribution in [1.82, 2.24) is 4.90 Å². The van der Waals surface area contributed by atoms with Crippen molar-refractivity contribution in [3.8, 4) is 11.5 Å². The first-order valence-electron chi connectivity index (χ1n) is 9.13. The van der Waals surface area contributed by atoms with Gasteiger partial charge in [-0.2, -0.15) is 21.6 Å². The number of piperidine rings is 1. The second-order valence-corrected chi connectivity index (χ2v) is 9.60. The number of hydrogen-bond donors (Lipinski definition) is 0. The molecule has 2 fully saturated rings. The number of likely N-dealkylation sites (N-methyl/N-ethyl adjacent to an activating group) is 1. The molecule has 6 nitrogen and oxygen atoms in total. The number of halogens is 3. The second-order valence-electron chi connectivity index (χ2n) is 8.06. The number of benzene rings is 1. The summed E-state index contributed by atoms with van der Waals surface area (Å²) in [5.74, 6) is -0.465. The topological polar surface area (TPSA) is 72.9 Å². The number of rotatable bonds is 2. The maximum Gasteiger partial charge on any atom is 0.534 e. The Bertz CT molecular complexity index is 992. The molecule has 10 heteroatoms. The van der Waals surface area contributed by atoms with Gasteiger partial charge >= 0.3 is 15.6 Å². The summed E-state index contributed by atoms with van der Waals surface area (Å²) in [6.45, 7) is 0.735. The first-order valence-corrected chi connectivity index (χ1v) is 10.5. The fraction of sp³-hybridized carbons (Fsp3) is 0.611. The fourth-order valence-electron chi connectivity index (χ4n) is 5.74. The molecule has 1 aromatic carbocycles. The predicted molar refractivity (Wildman–Crippen MR) is 90.6 cm³/mol. The highest BCUT2D eigenvalue weighted by molar-refractivity contribution is 7.88. The third kappa shape index (κ3) is 2.13. The van der Waals surface area contributed by atoms with Gasteiger partial charge in [-0.15, -0.1) is 0 Å². The van der Waals surface area contributed by atoms with Gasteiger partial charge in [0.15, 0.2) is 23.4 Å². The zero-order valence-corrected chi connectivity index (χ0v) is 15.8. The number of ether oxygens (including phenoxy) is 1. The van der Waals surface area contributed by atoms with Crippen molar-refractivity contribution in [1.29, 1.82) is 0 Å². The van der Waals surface area contributed by atoms with Gasteiger partial charge in [-0.1, -0.05) is 6.07 Å². The lowest BCUT2D eigenvalue weighted by Gasteiger charge is -2.57. The fourth-order valence-corrected chi connectivity index (χ4v) is 6.20. The maximum atomic E-state index is 12.8. The number of Topliss-reactive ketones (excluding diaryl/α,β-unsaturated/α-hetero) is 1. The van der Waals surface area contributed by atoms with E-state index in [2.05, 4.69) is 9.08 Å². The Kier molecular flexibility index (Phi) is 3.52. The molecule has 152 valence electrons. The molecule has 0 amide bonds. The van der Waals surface area contributed by atoms with E-state index in [1.165, 1.54) is 6.07 Å². The molecule has 0 aromatic heterocycles. The Morgan fingerprint density at radius 2 is 2.07 bits per heavy atom. The van der Waals surface area contributed by atoms with E-state index in [1.807, 2.05) is 7.05 Å². The Labute approximate surface area is 159 Å². The summed E-state index contributed by atoms with van der Waals surface area (Å²) in [5, 5.41) is 0. The summed E-state index contributed by atoms with van der Waals surface area (Å²) < 4.78 is 71.8. The number of hydrogen-bond acceptors (Lipinski definition) is 6. The molecule has 0 N–H and O–H groups in total. The Morgan fingerprint density at radius 1 is 1.32 bits per heavy atom. The molecule has 1 spiro atoms. The largest absolute Gasteiger partial charge is 0.534 e. The minimum Gasteiger partial charge on any atom is -0.477 e. The molecule has 2 aliphatic carbocycles.